The van der Waals surface area contributed by atoms with Gasteiger partial charge in [-0.1, -0.05) is 13.0 Å². The number of nitriles is 1. The number of primary amides is 1. The first-order chi connectivity index (χ1) is 8.95. The number of nitrogens with two attached hydrogens (primary N) is 1. The highest BCUT2D eigenvalue weighted by Gasteiger charge is 2.25. The minimum Gasteiger partial charge on any atom is -0.368 e. The molecule has 0 saturated carbocycles. The zero-order valence-corrected chi connectivity index (χ0v) is 10.4. The van der Waals surface area contributed by atoms with Crippen LogP contribution in [0.15, 0.2) is 24.3 Å². The summed E-state index contributed by atoms with van der Waals surface area (Å²) in [5.41, 5.74) is 5.28. The van der Waals surface area contributed by atoms with E-state index >= 15 is 0 Å². The van der Waals surface area contributed by atoms with E-state index in [0.29, 0.717) is 0 Å². The highest BCUT2D eigenvalue weighted by atomic mass is 19.1. The second kappa shape index (κ2) is 6.50. The molecule has 2 amide bonds. The molecule has 0 unspecified atom stereocenters. The summed E-state index contributed by atoms with van der Waals surface area (Å²) in [6.45, 7) is 1.63. The Hall–Kier alpha value is -2.42. The van der Waals surface area contributed by atoms with Gasteiger partial charge in [-0.2, -0.15) is 5.26 Å². The maximum Gasteiger partial charge on any atom is 0.252 e. The van der Waals surface area contributed by atoms with Gasteiger partial charge in [0.1, 0.15) is 11.9 Å². The molecule has 1 aromatic rings. The third-order valence-corrected chi connectivity index (χ3v) is 2.66. The van der Waals surface area contributed by atoms with Gasteiger partial charge in [0.2, 0.25) is 5.91 Å². The van der Waals surface area contributed by atoms with E-state index in [2.05, 4.69) is 5.32 Å². The molecule has 0 fully saturated rings. The van der Waals surface area contributed by atoms with Crippen LogP contribution in [-0.2, 0) is 4.79 Å². The molecule has 5 nitrogen and oxygen atoms in total. The third-order valence-electron chi connectivity index (χ3n) is 2.66. The second-order valence-electron chi connectivity index (χ2n) is 4.20. The molecule has 0 heterocycles. The zero-order valence-electron chi connectivity index (χ0n) is 10.4. The standard InChI is InChI=1S/C13H14FN3O2/c1-8(5-6-15)11(12(16)18)17-13(19)9-3-2-4-10(14)7-9/h2-4,7-8,11H,5H2,1H3,(H2,16,18)(H,17,19)/t8-,11+/m1/s1. The van der Waals surface area contributed by atoms with E-state index in [9.17, 15) is 14.0 Å². The second-order valence-corrected chi connectivity index (χ2v) is 4.20. The molecule has 0 spiro atoms. The Morgan fingerprint density at radius 1 is 1.53 bits per heavy atom. The van der Waals surface area contributed by atoms with Gasteiger partial charge in [-0.15, -0.1) is 0 Å². The lowest BCUT2D eigenvalue weighted by atomic mass is 9.98. The molecule has 1 rings (SSSR count). The molecule has 100 valence electrons. The molecule has 0 bridgehead atoms. The van der Waals surface area contributed by atoms with Crippen molar-refractivity contribution in [3.8, 4) is 6.07 Å². The molecule has 3 N–H and O–H groups in total. The van der Waals surface area contributed by atoms with Gasteiger partial charge >= 0.3 is 0 Å². The summed E-state index contributed by atoms with van der Waals surface area (Å²) in [4.78, 5) is 23.1. The fourth-order valence-corrected chi connectivity index (χ4v) is 1.61. The minimum absolute atomic E-state index is 0.0804. The van der Waals surface area contributed by atoms with Crippen molar-refractivity contribution in [2.75, 3.05) is 0 Å². The Morgan fingerprint density at radius 3 is 2.74 bits per heavy atom. The fourth-order valence-electron chi connectivity index (χ4n) is 1.61. The molecule has 0 aliphatic carbocycles. The lowest BCUT2D eigenvalue weighted by Crippen LogP contribution is -2.48. The van der Waals surface area contributed by atoms with E-state index < -0.39 is 29.6 Å². The zero-order chi connectivity index (χ0) is 14.4. The van der Waals surface area contributed by atoms with Crippen molar-refractivity contribution in [1.29, 1.82) is 5.26 Å². The summed E-state index contributed by atoms with van der Waals surface area (Å²) in [5.74, 6) is -2.30. The normalized spacial score (nSPS) is 13.1. The van der Waals surface area contributed by atoms with E-state index in [1.807, 2.05) is 6.07 Å². The van der Waals surface area contributed by atoms with Crippen LogP contribution in [-0.4, -0.2) is 17.9 Å². The molecule has 6 heteroatoms. The monoisotopic (exact) mass is 263 g/mol. The van der Waals surface area contributed by atoms with Crippen LogP contribution < -0.4 is 11.1 Å². The number of carbonyl (C=O) groups is 2. The van der Waals surface area contributed by atoms with Crippen LogP contribution >= 0.6 is 0 Å². The Bertz CT molecular complexity index is 525. The molecule has 19 heavy (non-hydrogen) atoms. The van der Waals surface area contributed by atoms with Gasteiger partial charge in [0.25, 0.3) is 5.91 Å². The van der Waals surface area contributed by atoms with Crippen LogP contribution in [0.2, 0.25) is 0 Å². The number of nitrogens with one attached hydrogen (secondary N) is 1. The van der Waals surface area contributed by atoms with Gasteiger partial charge in [-0.05, 0) is 24.1 Å². The van der Waals surface area contributed by atoms with Gasteiger partial charge in [0.05, 0.1) is 6.07 Å². The Morgan fingerprint density at radius 2 is 2.21 bits per heavy atom. The summed E-state index contributed by atoms with van der Waals surface area (Å²) in [6, 6.07) is 6.02. The molecular weight excluding hydrogens is 249 g/mol. The number of benzene rings is 1. The Balaban J connectivity index is 2.83. The Kier molecular flexibility index (Phi) is 5.01. The average Bonchev–Trinajstić information content (AvgIpc) is 2.35. The molecule has 0 saturated heterocycles. The number of rotatable bonds is 5. The predicted molar refractivity (Wildman–Crippen MR) is 66.2 cm³/mol. The third kappa shape index (κ3) is 4.07. The van der Waals surface area contributed by atoms with Gasteiger partial charge in [-0.25, -0.2) is 4.39 Å². The van der Waals surface area contributed by atoms with Crippen molar-refractivity contribution in [3.05, 3.63) is 35.6 Å². The molecule has 1 aromatic carbocycles. The summed E-state index contributed by atoms with van der Waals surface area (Å²) < 4.78 is 13.0. The quantitative estimate of drug-likeness (QED) is 0.828. The first kappa shape index (κ1) is 14.6. The first-order valence-electron chi connectivity index (χ1n) is 5.68. The minimum atomic E-state index is -0.963. The van der Waals surface area contributed by atoms with Gasteiger partial charge in [0.15, 0.2) is 0 Å². The highest BCUT2D eigenvalue weighted by molar-refractivity contribution is 5.97. The number of amides is 2. The highest BCUT2D eigenvalue weighted by Crippen LogP contribution is 2.09. The van der Waals surface area contributed by atoms with E-state index in [1.165, 1.54) is 18.2 Å². The van der Waals surface area contributed by atoms with Crippen molar-refractivity contribution in [3.63, 3.8) is 0 Å². The van der Waals surface area contributed by atoms with Crippen molar-refractivity contribution < 1.29 is 14.0 Å². The molecule has 0 aromatic heterocycles. The number of nitrogens with zero attached hydrogens (tertiary/aromatic N) is 1. The Labute approximate surface area is 110 Å². The number of hydrogen-bond acceptors (Lipinski definition) is 3. The largest absolute Gasteiger partial charge is 0.368 e. The maximum absolute atomic E-state index is 13.0. The van der Waals surface area contributed by atoms with Crippen molar-refractivity contribution in [2.24, 2.45) is 11.7 Å². The lowest BCUT2D eigenvalue weighted by Gasteiger charge is -2.20. The number of hydrogen-bond donors (Lipinski definition) is 2. The van der Waals surface area contributed by atoms with E-state index in [1.54, 1.807) is 6.92 Å². The predicted octanol–water partition coefficient (Wildman–Crippen LogP) is 0.959. The van der Waals surface area contributed by atoms with Crippen LogP contribution in [0.5, 0.6) is 0 Å². The van der Waals surface area contributed by atoms with Gasteiger partial charge < -0.3 is 11.1 Å². The fraction of sp³-hybridized carbons (Fsp3) is 0.308. The molecule has 0 radical (unpaired) electrons. The number of halogens is 1. The number of carbonyl (C=O) groups excluding carboxylic acids is 2. The van der Waals surface area contributed by atoms with E-state index in [4.69, 9.17) is 11.0 Å². The maximum atomic E-state index is 13.0. The molecular formula is C13H14FN3O2. The first-order valence-corrected chi connectivity index (χ1v) is 5.68. The SMILES string of the molecule is C[C@H](CC#N)[C@H](NC(=O)c1cccc(F)c1)C(N)=O. The molecule has 0 aliphatic heterocycles. The topological polar surface area (TPSA) is 96.0 Å². The van der Waals surface area contributed by atoms with Gasteiger partial charge in [0, 0.05) is 12.0 Å². The summed E-state index contributed by atoms with van der Waals surface area (Å²) in [6.07, 6.45) is 0.0804. The van der Waals surface area contributed by atoms with Crippen molar-refractivity contribution in [2.45, 2.75) is 19.4 Å². The lowest BCUT2D eigenvalue weighted by molar-refractivity contribution is -0.120. The summed E-state index contributed by atoms with van der Waals surface area (Å²) >= 11 is 0. The van der Waals surface area contributed by atoms with Crippen LogP contribution in [0.4, 0.5) is 4.39 Å². The summed E-state index contributed by atoms with van der Waals surface area (Å²) in [7, 11) is 0. The van der Waals surface area contributed by atoms with Crippen LogP contribution in [0, 0.1) is 23.1 Å². The molecule has 2 atom stereocenters. The van der Waals surface area contributed by atoms with Crippen molar-refractivity contribution >= 4 is 11.8 Å². The van der Waals surface area contributed by atoms with Crippen LogP contribution in [0.1, 0.15) is 23.7 Å². The van der Waals surface area contributed by atoms with Crippen LogP contribution in [0.25, 0.3) is 0 Å². The van der Waals surface area contributed by atoms with Crippen molar-refractivity contribution in [1.82, 2.24) is 5.32 Å². The molecule has 0 aliphatic rings. The summed E-state index contributed by atoms with van der Waals surface area (Å²) in [5, 5.41) is 11.0. The average molecular weight is 263 g/mol. The smallest absolute Gasteiger partial charge is 0.252 e. The van der Waals surface area contributed by atoms with E-state index in [0.717, 1.165) is 6.07 Å². The van der Waals surface area contributed by atoms with Gasteiger partial charge in [-0.3, -0.25) is 9.59 Å². The van der Waals surface area contributed by atoms with E-state index in [-0.39, 0.29) is 12.0 Å². The van der Waals surface area contributed by atoms with Crippen LogP contribution in [0.3, 0.4) is 0 Å².